The third-order valence-electron chi connectivity index (χ3n) is 2.76. The summed E-state index contributed by atoms with van der Waals surface area (Å²) >= 11 is 5.71. The molecule has 1 amide bonds. The number of alkyl halides is 1. The van der Waals surface area contributed by atoms with Gasteiger partial charge < -0.3 is 5.32 Å². The van der Waals surface area contributed by atoms with Gasteiger partial charge in [-0.05, 0) is 24.1 Å². The molecule has 0 unspecified atom stereocenters. The van der Waals surface area contributed by atoms with Crippen molar-refractivity contribution in [3.63, 3.8) is 0 Å². The van der Waals surface area contributed by atoms with Crippen LogP contribution in [-0.2, 0) is 12.3 Å². The summed E-state index contributed by atoms with van der Waals surface area (Å²) in [5.41, 5.74) is 2.60. The van der Waals surface area contributed by atoms with Gasteiger partial charge in [-0.25, -0.2) is 0 Å². The topological polar surface area (TPSA) is 57.8 Å². The molecule has 2 aromatic rings. The molecule has 0 saturated carbocycles. The molecule has 1 heterocycles. The molecule has 1 aromatic carbocycles. The third-order valence-corrected chi connectivity index (χ3v) is 3.07. The average Bonchev–Trinajstić information content (AvgIpc) is 2.86. The molecule has 0 atom stereocenters. The molecule has 0 aliphatic rings. The number of anilines is 1. The fourth-order valence-corrected chi connectivity index (χ4v) is 1.93. The van der Waals surface area contributed by atoms with Crippen LogP contribution in [0.2, 0.25) is 0 Å². The largest absolute Gasteiger partial charge is 0.305 e. The van der Waals surface area contributed by atoms with Crippen molar-refractivity contribution >= 4 is 23.3 Å². The van der Waals surface area contributed by atoms with Crippen LogP contribution in [0.5, 0.6) is 0 Å². The summed E-state index contributed by atoms with van der Waals surface area (Å²) in [6.07, 6.45) is 1.96. The molecule has 0 spiro atoms. The number of amides is 1. The van der Waals surface area contributed by atoms with Crippen molar-refractivity contribution in [1.82, 2.24) is 10.2 Å². The molecule has 4 nitrogen and oxygen atoms in total. The first-order valence-corrected chi connectivity index (χ1v) is 6.77. The summed E-state index contributed by atoms with van der Waals surface area (Å²) in [5, 5.41) is 9.72. The molecule has 0 bridgehead atoms. The summed E-state index contributed by atoms with van der Waals surface area (Å²) < 4.78 is 0. The lowest BCUT2D eigenvalue weighted by atomic mass is 10.1. The number of H-pyrrole nitrogens is 1. The second-order valence-electron chi connectivity index (χ2n) is 4.31. The molecule has 0 aliphatic heterocycles. The fraction of sp³-hybridized carbons (Fsp3) is 0.286. The van der Waals surface area contributed by atoms with Gasteiger partial charge in [0.1, 0.15) is 0 Å². The predicted octanol–water partition coefficient (Wildman–Crippen LogP) is 3.35. The van der Waals surface area contributed by atoms with E-state index in [1.165, 1.54) is 0 Å². The summed E-state index contributed by atoms with van der Waals surface area (Å²) in [7, 11) is 0. The Bertz CT molecular complexity index is 548. The van der Waals surface area contributed by atoms with E-state index in [0.29, 0.717) is 17.3 Å². The number of carbonyl (C=O) groups excluding carboxylic acids is 1. The highest BCUT2D eigenvalue weighted by Crippen LogP contribution is 2.11. The molecule has 0 fully saturated rings. The number of nitrogens with one attached hydrogen (secondary N) is 2. The minimum Gasteiger partial charge on any atom is -0.305 e. The maximum atomic E-state index is 12.0. The molecule has 0 radical (unpaired) electrons. The number of rotatable bonds is 5. The number of aromatic amines is 1. The van der Waals surface area contributed by atoms with E-state index in [9.17, 15) is 4.79 Å². The van der Waals surface area contributed by atoms with Crippen LogP contribution < -0.4 is 5.32 Å². The number of aryl methyl sites for hydroxylation is 1. The smallest absolute Gasteiger partial charge is 0.256 e. The number of aromatic nitrogens is 2. The van der Waals surface area contributed by atoms with Gasteiger partial charge in [0.25, 0.3) is 5.91 Å². The Balaban J connectivity index is 2.02. The van der Waals surface area contributed by atoms with Crippen LogP contribution in [-0.4, -0.2) is 16.1 Å². The third kappa shape index (κ3) is 3.58. The van der Waals surface area contributed by atoms with Crippen molar-refractivity contribution in [1.29, 1.82) is 0 Å². The van der Waals surface area contributed by atoms with E-state index in [1.54, 1.807) is 12.1 Å². The van der Waals surface area contributed by atoms with E-state index in [1.807, 2.05) is 18.2 Å². The van der Waals surface area contributed by atoms with Gasteiger partial charge in [-0.2, -0.15) is 5.10 Å². The summed E-state index contributed by atoms with van der Waals surface area (Å²) in [6.45, 7) is 2.09. The number of hydrogen-bond donors (Lipinski definition) is 2. The molecular formula is C14H16ClN3O. The minimum absolute atomic E-state index is 0.171. The van der Waals surface area contributed by atoms with E-state index in [2.05, 4.69) is 22.4 Å². The number of carbonyl (C=O) groups is 1. The SMILES string of the molecule is CCCc1cc(NC(=O)c2ccc(CCl)cc2)n[nH]1. The maximum absolute atomic E-state index is 12.0. The molecule has 0 saturated heterocycles. The van der Waals surface area contributed by atoms with Crippen LogP contribution in [0.1, 0.15) is 35.0 Å². The Morgan fingerprint density at radius 1 is 1.37 bits per heavy atom. The summed E-state index contributed by atoms with van der Waals surface area (Å²) in [6, 6.07) is 9.05. The number of hydrogen-bond acceptors (Lipinski definition) is 2. The monoisotopic (exact) mass is 277 g/mol. The lowest BCUT2D eigenvalue weighted by Crippen LogP contribution is -2.12. The maximum Gasteiger partial charge on any atom is 0.256 e. The molecule has 2 N–H and O–H groups in total. The molecule has 0 aliphatic carbocycles. The molecular weight excluding hydrogens is 262 g/mol. The number of halogens is 1. The lowest BCUT2D eigenvalue weighted by Gasteiger charge is -2.02. The normalized spacial score (nSPS) is 10.4. The lowest BCUT2D eigenvalue weighted by molar-refractivity contribution is 0.102. The van der Waals surface area contributed by atoms with Crippen LogP contribution in [0, 0.1) is 0 Å². The van der Waals surface area contributed by atoms with Gasteiger partial charge in [0, 0.05) is 23.2 Å². The highest BCUT2D eigenvalue weighted by molar-refractivity contribution is 6.17. The van der Waals surface area contributed by atoms with Crippen molar-refractivity contribution < 1.29 is 4.79 Å². The van der Waals surface area contributed by atoms with E-state index in [-0.39, 0.29) is 5.91 Å². The standard InChI is InChI=1S/C14H16ClN3O/c1-2-3-12-8-13(18-17-12)16-14(19)11-6-4-10(9-15)5-7-11/h4-8H,2-3,9H2,1H3,(H2,16,17,18,19). The number of benzene rings is 1. The zero-order valence-electron chi connectivity index (χ0n) is 10.7. The Kier molecular flexibility index (Phi) is 4.58. The predicted molar refractivity (Wildman–Crippen MR) is 76.5 cm³/mol. The second-order valence-corrected chi connectivity index (χ2v) is 4.58. The molecule has 5 heteroatoms. The highest BCUT2D eigenvalue weighted by Gasteiger charge is 2.08. The van der Waals surface area contributed by atoms with E-state index < -0.39 is 0 Å². The van der Waals surface area contributed by atoms with Crippen LogP contribution in [0.4, 0.5) is 5.82 Å². The zero-order chi connectivity index (χ0) is 13.7. The first-order valence-electron chi connectivity index (χ1n) is 6.23. The van der Waals surface area contributed by atoms with Gasteiger partial charge in [0.15, 0.2) is 5.82 Å². The Hall–Kier alpha value is -1.81. The van der Waals surface area contributed by atoms with Crippen LogP contribution in [0.15, 0.2) is 30.3 Å². The second kappa shape index (κ2) is 6.38. The van der Waals surface area contributed by atoms with Crippen molar-refractivity contribution in [2.75, 3.05) is 5.32 Å². The molecule has 100 valence electrons. The number of nitrogens with zero attached hydrogens (tertiary/aromatic N) is 1. The van der Waals surface area contributed by atoms with Gasteiger partial charge in [0.2, 0.25) is 0 Å². The van der Waals surface area contributed by atoms with Crippen molar-refractivity contribution in [2.45, 2.75) is 25.6 Å². The van der Waals surface area contributed by atoms with Gasteiger partial charge >= 0.3 is 0 Å². The van der Waals surface area contributed by atoms with Crippen molar-refractivity contribution in [2.24, 2.45) is 0 Å². The van der Waals surface area contributed by atoms with Crippen molar-refractivity contribution in [3.8, 4) is 0 Å². The first-order chi connectivity index (χ1) is 9.22. The molecule has 19 heavy (non-hydrogen) atoms. The van der Waals surface area contributed by atoms with E-state index in [4.69, 9.17) is 11.6 Å². The Labute approximate surface area is 117 Å². The van der Waals surface area contributed by atoms with Crippen LogP contribution in [0.3, 0.4) is 0 Å². The van der Waals surface area contributed by atoms with Gasteiger partial charge in [-0.1, -0.05) is 25.5 Å². The van der Waals surface area contributed by atoms with E-state index in [0.717, 1.165) is 24.1 Å². The van der Waals surface area contributed by atoms with E-state index >= 15 is 0 Å². The molecule has 2 rings (SSSR count). The summed E-state index contributed by atoms with van der Waals surface area (Å²) in [4.78, 5) is 12.0. The van der Waals surface area contributed by atoms with Gasteiger partial charge in [0.05, 0.1) is 0 Å². The van der Waals surface area contributed by atoms with Gasteiger partial charge in [-0.15, -0.1) is 11.6 Å². The quantitative estimate of drug-likeness (QED) is 0.824. The van der Waals surface area contributed by atoms with Gasteiger partial charge in [-0.3, -0.25) is 9.89 Å². The average molecular weight is 278 g/mol. The van der Waals surface area contributed by atoms with Crippen LogP contribution in [0.25, 0.3) is 0 Å². The highest BCUT2D eigenvalue weighted by atomic mass is 35.5. The Morgan fingerprint density at radius 2 is 2.11 bits per heavy atom. The van der Waals surface area contributed by atoms with Crippen LogP contribution >= 0.6 is 11.6 Å². The first kappa shape index (κ1) is 13.6. The molecule has 1 aromatic heterocycles. The zero-order valence-corrected chi connectivity index (χ0v) is 11.5. The van der Waals surface area contributed by atoms with Crippen molar-refractivity contribution in [3.05, 3.63) is 47.2 Å². The summed E-state index contributed by atoms with van der Waals surface area (Å²) in [5.74, 6) is 0.826. The minimum atomic E-state index is -0.171. The fourth-order valence-electron chi connectivity index (χ4n) is 1.76. The Morgan fingerprint density at radius 3 is 2.74 bits per heavy atom.